The van der Waals surface area contributed by atoms with E-state index in [1.165, 1.54) is 12.1 Å². The Morgan fingerprint density at radius 3 is 2.65 bits per heavy atom. The van der Waals surface area contributed by atoms with Gasteiger partial charge >= 0.3 is 0 Å². The lowest BCUT2D eigenvalue weighted by Crippen LogP contribution is -2.47. The van der Waals surface area contributed by atoms with E-state index in [4.69, 9.17) is 16.3 Å². The third-order valence-corrected chi connectivity index (χ3v) is 6.51. The number of rotatable bonds is 5. The first kappa shape index (κ1) is 21.7. The molecule has 2 saturated heterocycles. The highest BCUT2D eigenvalue weighted by Gasteiger charge is 2.43. The average Bonchev–Trinajstić information content (AvgIpc) is 3.18. The number of nitrogens with zero attached hydrogens (tertiary/aromatic N) is 2. The minimum absolute atomic E-state index is 0.0193. The predicted octanol–water partition coefficient (Wildman–Crippen LogP) is 3.39. The van der Waals surface area contributed by atoms with Crippen molar-refractivity contribution < 1.29 is 18.7 Å². The van der Waals surface area contributed by atoms with Crippen LogP contribution in [-0.4, -0.2) is 53.0 Å². The second-order valence-corrected chi connectivity index (χ2v) is 8.58. The second kappa shape index (κ2) is 9.32. The van der Waals surface area contributed by atoms with E-state index in [0.29, 0.717) is 25.2 Å². The Morgan fingerprint density at radius 2 is 1.94 bits per heavy atom. The van der Waals surface area contributed by atoms with Gasteiger partial charge in [-0.25, -0.2) is 4.39 Å². The molecule has 2 aromatic rings. The fraction of sp³-hybridized carbons (Fsp3) is 0.435. The summed E-state index contributed by atoms with van der Waals surface area (Å²) in [6, 6.07) is 7.84. The molecule has 2 fully saturated rings. The maximum absolute atomic E-state index is 13.9. The van der Waals surface area contributed by atoms with E-state index in [9.17, 15) is 14.0 Å². The van der Waals surface area contributed by atoms with Crippen LogP contribution in [0.2, 0.25) is 5.02 Å². The minimum atomic E-state index is -0.480. The van der Waals surface area contributed by atoms with Crippen LogP contribution in [-0.2, 0) is 16.0 Å². The van der Waals surface area contributed by atoms with E-state index in [0.717, 1.165) is 25.7 Å². The first-order valence-electron chi connectivity index (χ1n) is 10.5. The third kappa shape index (κ3) is 5.05. The van der Waals surface area contributed by atoms with Gasteiger partial charge in [-0.1, -0.05) is 17.7 Å². The molecule has 8 heteroatoms. The fourth-order valence-corrected chi connectivity index (χ4v) is 4.58. The zero-order chi connectivity index (χ0) is 21.8. The van der Waals surface area contributed by atoms with E-state index < -0.39 is 5.82 Å². The highest BCUT2D eigenvalue weighted by molar-refractivity contribution is 6.31. The molecule has 1 spiro atoms. The van der Waals surface area contributed by atoms with Gasteiger partial charge in [-0.3, -0.25) is 14.6 Å². The smallest absolute Gasteiger partial charge is 0.253 e. The molecule has 0 saturated carbocycles. The van der Waals surface area contributed by atoms with Crippen molar-refractivity contribution in [2.45, 2.75) is 43.8 Å². The zero-order valence-electron chi connectivity index (χ0n) is 17.2. The first-order valence-corrected chi connectivity index (χ1v) is 10.9. The van der Waals surface area contributed by atoms with Crippen LogP contribution in [0.15, 0.2) is 42.7 Å². The molecular weight excluding hydrogens is 421 g/mol. The van der Waals surface area contributed by atoms with Crippen molar-refractivity contribution in [3.63, 3.8) is 0 Å². The van der Waals surface area contributed by atoms with Crippen LogP contribution in [0.1, 0.15) is 41.6 Å². The number of amides is 2. The molecular formula is C23H25ClFN3O3. The summed E-state index contributed by atoms with van der Waals surface area (Å²) in [5.74, 6) is -0.744. The summed E-state index contributed by atoms with van der Waals surface area (Å²) in [6.07, 6.45) is 6.37. The number of benzene rings is 1. The number of pyridine rings is 1. The lowest BCUT2D eigenvalue weighted by Gasteiger charge is -2.39. The summed E-state index contributed by atoms with van der Waals surface area (Å²) in [7, 11) is 0. The molecule has 0 unspecified atom stereocenters. The van der Waals surface area contributed by atoms with Gasteiger partial charge in [0.1, 0.15) is 5.82 Å². The van der Waals surface area contributed by atoms with Crippen LogP contribution in [0, 0.1) is 5.82 Å². The number of halogens is 2. The number of ether oxygens (including phenoxy) is 1. The van der Waals surface area contributed by atoms with Gasteiger partial charge in [-0.2, -0.15) is 0 Å². The van der Waals surface area contributed by atoms with Crippen molar-refractivity contribution in [2.75, 3.05) is 19.6 Å². The predicted molar refractivity (Wildman–Crippen MR) is 114 cm³/mol. The molecule has 0 bridgehead atoms. The van der Waals surface area contributed by atoms with Gasteiger partial charge in [0, 0.05) is 48.2 Å². The van der Waals surface area contributed by atoms with Gasteiger partial charge in [0.25, 0.3) is 5.91 Å². The van der Waals surface area contributed by atoms with Gasteiger partial charge in [0.15, 0.2) is 0 Å². The monoisotopic (exact) mass is 445 g/mol. The van der Waals surface area contributed by atoms with Crippen LogP contribution in [0.5, 0.6) is 0 Å². The lowest BCUT2D eigenvalue weighted by atomic mass is 9.88. The van der Waals surface area contributed by atoms with Gasteiger partial charge in [0.05, 0.1) is 18.1 Å². The summed E-state index contributed by atoms with van der Waals surface area (Å²) in [6.45, 7) is 1.67. The Labute approximate surface area is 185 Å². The van der Waals surface area contributed by atoms with Crippen molar-refractivity contribution in [3.8, 4) is 0 Å². The molecule has 2 aliphatic rings. The number of piperidine rings is 1. The topological polar surface area (TPSA) is 71.5 Å². The molecule has 0 radical (unpaired) electrons. The number of carbonyl (C=O) groups excluding carboxylic acids is 2. The third-order valence-electron chi connectivity index (χ3n) is 6.15. The molecule has 1 atom stereocenters. The standard InChI is InChI=1S/C23H25ClFN3O3/c24-19-2-1-3-20(25)18(19)14-21(29)27-15-17-4-7-23(31-17)8-12-28(13-9-23)22(30)16-5-10-26-11-6-16/h1-3,5-6,10-11,17H,4,7-9,12-15H2,(H,27,29)/t17-/m1/s1. The molecule has 1 N–H and O–H groups in total. The van der Waals surface area contributed by atoms with Crippen LogP contribution in [0.3, 0.4) is 0 Å². The first-order chi connectivity index (χ1) is 15.0. The summed E-state index contributed by atoms with van der Waals surface area (Å²) in [5.41, 5.74) is 0.616. The van der Waals surface area contributed by atoms with Gasteiger partial charge in [-0.15, -0.1) is 0 Å². The van der Waals surface area contributed by atoms with Crippen LogP contribution in [0.25, 0.3) is 0 Å². The minimum Gasteiger partial charge on any atom is -0.370 e. The molecule has 2 amide bonds. The van der Waals surface area contributed by atoms with Gasteiger partial charge in [-0.05, 0) is 49.9 Å². The molecule has 31 heavy (non-hydrogen) atoms. The molecule has 6 nitrogen and oxygen atoms in total. The molecule has 4 rings (SSSR count). The molecule has 1 aromatic heterocycles. The summed E-state index contributed by atoms with van der Waals surface area (Å²) >= 11 is 6.00. The van der Waals surface area contributed by atoms with E-state index in [-0.39, 0.29) is 40.5 Å². The van der Waals surface area contributed by atoms with E-state index >= 15 is 0 Å². The Morgan fingerprint density at radius 1 is 1.19 bits per heavy atom. The van der Waals surface area contributed by atoms with E-state index in [1.807, 2.05) is 4.90 Å². The van der Waals surface area contributed by atoms with Crippen molar-refractivity contribution >= 4 is 23.4 Å². The SMILES string of the molecule is O=C(Cc1c(F)cccc1Cl)NC[C@H]1CCC2(CCN(C(=O)c3ccncc3)CC2)O1. The van der Waals surface area contributed by atoms with Crippen molar-refractivity contribution in [1.82, 2.24) is 15.2 Å². The largest absolute Gasteiger partial charge is 0.370 e. The van der Waals surface area contributed by atoms with Crippen LogP contribution >= 0.6 is 11.6 Å². The molecule has 2 aliphatic heterocycles. The van der Waals surface area contributed by atoms with Crippen molar-refractivity contribution in [1.29, 1.82) is 0 Å². The number of carbonyl (C=O) groups is 2. The molecule has 3 heterocycles. The Kier molecular flexibility index (Phi) is 6.53. The summed E-state index contributed by atoms with van der Waals surface area (Å²) in [4.78, 5) is 30.7. The maximum Gasteiger partial charge on any atom is 0.253 e. The van der Waals surface area contributed by atoms with Crippen LogP contribution < -0.4 is 5.32 Å². The van der Waals surface area contributed by atoms with E-state index in [1.54, 1.807) is 30.6 Å². The Bertz CT molecular complexity index is 928. The fourth-order valence-electron chi connectivity index (χ4n) is 4.35. The number of hydrogen-bond acceptors (Lipinski definition) is 4. The number of aromatic nitrogens is 1. The molecule has 0 aliphatic carbocycles. The highest BCUT2D eigenvalue weighted by atomic mass is 35.5. The maximum atomic E-state index is 13.9. The number of hydrogen-bond donors (Lipinski definition) is 1. The number of likely N-dealkylation sites (tertiary alicyclic amines) is 1. The quantitative estimate of drug-likeness (QED) is 0.765. The normalized spacial score (nSPS) is 20.1. The number of nitrogens with one attached hydrogen (secondary N) is 1. The molecule has 1 aromatic carbocycles. The zero-order valence-corrected chi connectivity index (χ0v) is 17.9. The lowest BCUT2D eigenvalue weighted by molar-refractivity contribution is -0.122. The van der Waals surface area contributed by atoms with Crippen molar-refractivity contribution in [3.05, 3.63) is 64.7 Å². The summed E-state index contributed by atoms with van der Waals surface area (Å²) in [5, 5.41) is 3.09. The van der Waals surface area contributed by atoms with E-state index in [2.05, 4.69) is 10.3 Å². The second-order valence-electron chi connectivity index (χ2n) is 8.17. The summed E-state index contributed by atoms with van der Waals surface area (Å²) < 4.78 is 20.2. The highest BCUT2D eigenvalue weighted by Crippen LogP contribution is 2.39. The molecule has 164 valence electrons. The van der Waals surface area contributed by atoms with Gasteiger partial charge in [0.2, 0.25) is 5.91 Å². The van der Waals surface area contributed by atoms with Crippen molar-refractivity contribution in [2.24, 2.45) is 0 Å². The Balaban J connectivity index is 1.24. The van der Waals surface area contributed by atoms with Gasteiger partial charge < -0.3 is 15.0 Å². The van der Waals surface area contributed by atoms with Crippen LogP contribution in [0.4, 0.5) is 4.39 Å². The average molecular weight is 446 g/mol. The Hall–Kier alpha value is -2.51.